The van der Waals surface area contributed by atoms with Crippen molar-refractivity contribution in [2.45, 2.75) is 32.6 Å². The topological polar surface area (TPSA) is 65.9 Å². The average molecular weight is 244 g/mol. The first kappa shape index (κ1) is 12.7. The van der Waals surface area contributed by atoms with Gasteiger partial charge in [-0.1, -0.05) is 13.3 Å². The quantitative estimate of drug-likeness (QED) is 0.868. The van der Waals surface area contributed by atoms with Crippen molar-refractivity contribution < 1.29 is 0 Å². The van der Waals surface area contributed by atoms with Crippen molar-refractivity contribution in [3.05, 3.63) is 17.8 Å². The van der Waals surface area contributed by atoms with Gasteiger partial charge in [0.25, 0.3) is 0 Å². The maximum absolute atomic E-state index is 9.00. The Morgan fingerprint density at radius 1 is 1.50 bits per heavy atom. The van der Waals surface area contributed by atoms with Gasteiger partial charge in [0.05, 0.1) is 11.3 Å². The van der Waals surface area contributed by atoms with E-state index in [1.807, 2.05) is 0 Å². The highest BCUT2D eigenvalue weighted by atomic mass is 15.2. The average Bonchev–Trinajstić information content (AvgIpc) is 2.64. The third kappa shape index (κ3) is 2.56. The van der Waals surface area contributed by atoms with E-state index in [2.05, 4.69) is 22.9 Å². The minimum absolute atomic E-state index is 0.523. The molecule has 0 aliphatic carbocycles. The van der Waals surface area contributed by atoms with Gasteiger partial charge in [-0.25, -0.2) is 4.98 Å². The molecule has 2 N–H and O–H groups in total. The Bertz CT molecular complexity index is 450. The normalized spacial score (nSPS) is 20.2. The van der Waals surface area contributed by atoms with Gasteiger partial charge in [-0.2, -0.15) is 5.26 Å². The summed E-state index contributed by atoms with van der Waals surface area (Å²) >= 11 is 0. The number of hydrogen-bond donors (Lipinski definition) is 1. The summed E-state index contributed by atoms with van der Waals surface area (Å²) in [6, 6.07) is 3.79. The molecule has 96 valence electrons. The van der Waals surface area contributed by atoms with Gasteiger partial charge in [-0.05, 0) is 31.2 Å². The van der Waals surface area contributed by atoms with Crippen LogP contribution in [0, 0.1) is 17.2 Å². The minimum atomic E-state index is 0.523. The first-order valence-electron chi connectivity index (χ1n) is 6.65. The molecule has 2 rings (SSSR count). The Hall–Kier alpha value is -1.76. The SMILES string of the molecule is CCC1CCCN(c2nccc(C#N)c2N)CC1. The van der Waals surface area contributed by atoms with Crippen molar-refractivity contribution in [2.24, 2.45) is 5.92 Å². The predicted octanol–water partition coefficient (Wildman–Crippen LogP) is 2.55. The molecule has 1 saturated heterocycles. The molecule has 1 fully saturated rings. The van der Waals surface area contributed by atoms with Gasteiger partial charge < -0.3 is 10.6 Å². The van der Waals surface area contributed by atoms with Gasteiger partial charge in [-0.15, -0.1) is 0 Å². The molecule has 1 unspecified atom stereocenters. The second-order valence-corrected chi connectivity index (χ2v) is 4.90. The fourth-order valence-electron chi connectivity index (χ4n) is 2.60. The Morgan fingerprint density at radius 3 is 3.06 bits per heavy atom. The maximum Gasteiger partial charge on any atom is 0.153 e. The van der Waals surface area contributed by atoms with E-state index in [0.717, 1.165) is 24.8 Å². The first-order chi connectivity index (χ1) is 8.76. The summed E-state index contributed by atoms with van der Waals surface area (Å²) < 4.78 is 0. The van der Waals surface area contributed by atoms with Gasteiger partial charge in [0.1, 0.15) is 6.07 Å². The lowest BCUT2D eigenvalue weighted by atomic mass is 9.98. The number of hydrogen-bond acceptors (Lipinski definition) is 4. The Kier molecular flexibility index (Phi) is 4.03. The van der Waals surface area contributed by atoms with E-state index in [9.17, 15) is 0 Å². The Balaban J connectivity index is 2.19. The van der Waals surface area contributed by atoms with Crippen molar-refractivity contribution in [2.75, 3.05) is 23.7 Å². The van der Waals surface area contributed by atoms with Crippen LogP contribution < -0.4 is 10.6 Å². The monoisotopic (exact) mass is 244 g/mol. The molecule has 4 nitrogen and oxygen atoms in total. The third-order valence-electron chi connectivity index (χ3n) is 3.81. The molecule has 4 heteroatoms. The lowest BCUT2D eigenvalue weighted by Gasteiger charge is -2.23. The van der Waals surface area contributed by atoms with Crippen LogP contribution in [0.4, 0.5) is 11.5 Å². The molecule has 1 aromatic heterocycles. The van der Waals surface area contributed by atoms with Crippen LogP contribution in [0.1, 0.15) is 38.2 Å². The Labute approximate surface area is 108 Å². The lowest BCUT2D eigenvalue weighted by Crippen LogP contribution is -2.26. The summed E-state index contributed by atoms with van der Waals surface area (Å²) in [5, 5.41) is 9.00. The van der Waals surface area contributed by atoms with Crippen molar-refractivity contribution in [1.82, 2.24) is 4.98 Å². The van der Waals surface area contributed by atoms with Crippen LogP contribution in [-0.2, 0) is 0 Å². The first-order valence-corrected chi connectivity index (χ1v) is 6.65. The molecule has 1 aliphatic rings. The molecule has 0 saturated carbocycles. The van der Waals surface area contributed by atoms with E-state index in [-0.39, 0.29) is 0 Å². The molecule has 0 radical (unpaired) electrons. The molecule has 0 bridgehead atoms. The van der Waals surface area contributed by atoms with Crippen LogP contribution in [-0.4, -0.2) is 18.1 Å². The lowest BCUT2D eigenvalue weighted by molar-refractivity contribution is 0.459. The van der Waals surface area contributed by atoms with Gasteiger partial charge >= 0.3 is 0 Å². The smallest absolute Gasteiger partial charge is 0.153 e. The van der Waals surface area contributed by atoms with Crippen molar-refractivity contribution in [1.29, 1.82) is 5.26 Å². The van der Waals surface area contributed by atoms with E-state index < -0.39 is 0 Å². The zero-order valence-electron chi connectivity index (χ0n) is 10.9. The summed E-state index contributed by atoms with van der Waals surface area (Å²) in [5.41, 5.74) is 7.06. The van der Waals surface area contributed by atoms with E-state index in [4.69, 9.17) is 11.0 Å². The fourth-order valence-corrected chi connectivity index (χ4v) is 2.60. The molecule has 18 heavy (non-hydrogen) atoms. The predicted molar refractivity (Wildman–Crippen MR) is 73.2 cm³/mol. The van der Waals surface area contributed by atoms with Gasteiger partial charge in [0.15, 0.2) is 5.82 Å². The second-order valence-electron chi connectivity index (χ2n) is 4.90. The minimum Gasteiger partial charge on any atom is -0.395 e. The highest BCUT2D eigenvalue weighted by Crippen LogP contribution is 2.28. The number of aromatic nitrogens is 1. The molecular formula is C14H20N4. The summed E-state index contributed by atoms with van der Waals surface area (Å²) in [6.07, 6.45) is 6.57. The number of nitrogens with two attached hydrogens (primary N) is 1. The second kappa shape index (κ2) is 5.72. The van der Waals surface area contributed by atoms with Crippen LogP contribution >= 0.6 is 0 Å². The van der Waals surface area contributed by atoms with E-state index >= 15 is 0 Å². The molecule has 1 aliphatic heterocycles. The summed E-state index contributed by atoms with van der Waals surface area (Å²) in [7, 11) is 0. The molecular weight excluding hydrogens is 224 g/mol. The van der Waals surface area contributed by atoms with E-state index in [0.29, 0.717) is 11.3 Å². The molecule has 1 atom stereocenters. The highest BCUT2D eigenvalue weighted by molar-refractivity contribution is 5.69. The summed E-state index contributed by atoms with van der Waals surface area (Å²) in [6.45, 7) is 4.23. The Morgan fingerprint density at radius 2 is 2.33 bits per heavy atom. The van der Waals surface area contributed by atoms with Crippen LogP contribution in [0.25, 0.3) is 0 Å². The van der Waals surface area contributed by atoms with Crippen LogP contribution in [0.5, 0.6) is 0 Å². The zero-order valence-corrected chi connectivity index (χ0v) is 10.9. The zero-order chi connectivity index (χ0) is 13.0. The third-order valence-corrected chi connectivity index (χ3v) is 3.81. The molecule has 1 aromatic rings. The molecule has 0 spiro atoms. The molecule has 2 heterocycles. The largest absolute Gasteiger partial charge is 0.395 e. The van der Waals surface area contributed by atoms with Crippen LogP contribution in [0.15, 0.2) is 12.3 Å². The summed E-state index contributed by atoms with van der Waals surface area (Å²) in [4.78, 5) is 6.58. The van der Waals surface area contributed by atoms with Crippen molar-refractivity contribution >= 4 is 11.5 Å². The van der Waals surface area contributed by atoms with Gasteiger partial charge in [0, 0.05) is 19.3 Å². The van der Waals surface area contributed by atoms with Crippen LogP contribution in [0.2, 0.25) is 0 Å². The van der Waals surface area contributed by atoms with Gasteiger partial charge in [0.2, 0.25) is 0 Å². The summed E-state index contributed by atoms with van der Waals surface area (Å²) in [5.74, 6) is 1.60. The number of nitrogens with zero attached hydrogens (tertiary/aromatic N) is 3. The number of pyridine rings is 1. The number of rotatable bonds is 2. The maximum atomic E-state index is 9.00. The van der Waals surface area contributed by atoms with Crippen molar-refractivity contribution in [3.63, 3.8) is 0 Å². The van der Waals surface area contributed by atoms with E-state index in [1.165, 1.54) is 25.7 Å². The number of nitriles is 1. The number of nitrogen functional groups attached to an aromatic ring is 1. The molecule has 0 amide bonds. The van der Waals surface area contributed by atoms with Gasteiger partial charge in [-0.3, -0.25) is 0 Å². The molecule has 0 aromatic carbocycles. The fraction of sp³-hybridized carbons (Fsp3) is 0.571. The van der Waals surface area contributed by atoms with E-state index in [1.54, 1.807) is 12.3 Å². The number of anilines is 2. The van der Waals surface area contributed by atoms with Crippen LogP contribution in [0.3, 0.4) is 0 Å². The standard InChI is InChI=1S/C14H20N4/c1-2-11-4-3-8-18(9-6-11)14-13(16)12(10-15)5-7-17-14/h5,7,11H,2-4,6,8-9,16H2,1H3. The van der Waals surface area contributed by atoms with Crippen molar-refractivity contribution in [3.8, 4) is 6.07 Å². The highest BCUT2D eigenvalue weighted by Gasteiger charge is 2.19.